The van der Waals surface area contributed by atoms with E-state index in [2.05, 4.69) is 0 Å². The minimum Gasteiger partial charge on any atom is -0.478 e. The predicted molar refractivity (Wildman–Crippen MR) is 73.6 cm³/mol. The Hall–Kier alpha value is -2.42. The number of Topliss-reactive ketones (excluding diaryl/α,β-unsaturated/α-hetero) is 1. The summed E-state index contributed by atoms with van der Waals surface area (Å²) in [7, 11) is 0. The number of rotatable bonds is 3. The summed E-state index contributed by atoms with van der Waals surface area (Å²) in [5.74, 6) is -0.922. The van der Waals surface area contributed by atoms with Crippen molar-refractivity contribution in [3.8, 4) is 11.1 Å². The van der Waals surface area contributed by atoms with E-state index in [0.29, 0.717) is 5.56 Å². The van der Waals surface area contributed by atoms with E-state index in [0.717, 1.165) is 16.7 Å². The van der Waals surface area contributed by atoms with Crippen molar-refractivity contribution in [2.24, 2.45) is 0 Å². The maximum Gasteiger partial charge on any atom is 0.335 e. The smallest absolute Gasteiger partial charge is 0.335 e. The predicted octanol–water partition coefficient (Wildman–Crippen LogP) is 3.56. The van der Waals surface area contributed by atoms with E-state index in [4.69, 9.17) is 5.11 Å². The van der Waals surface area contributed by atoms with E-state index in [1.165, 1.54) is 6.92 Å². The quantitative estimate of drug-likeness (QED) is 0.852. The number of hydrogen-bond donors (Lipinski definition) is 1. The molecule has 0 heterocycles. The van der Waals surface area contributed by atoms with Crippen molar-refractivity contribution in [3.05, 3.63) is 59.2 Å². The van der Waals surface area contributed by atoms with Gasteiger partial charge in [0, 0.05) is 5.56 Å². The number of hydrogen-bond acceptors (Lipinski definition) is 2. The molecule has 0 radical (unpaired) electrons. The lowest BCUT2D eigenvalue weighted by atomic mass is 9.96. The van der Waals surface area contributed by atoms with Crippen LogP contribution in [0.4, 0.5) is 0 Å². The van der Waals surface area contributed by atoms with Gasteiger partial charge in [0.1, 0.15) is 0 Å². The van der Waals surface area contributed by atoms with Crippen LogP contribution >= 0.6 is 0 Å². The molecule has 0 fully saturated rings. The van der Waals surface area contributed by atoms with E-state index in [1.807, 2.05) is 25.1 Å². The molecule has 1 N–H and O–H groups in total. The summed E-state index contributed by atoms with van der Waals surface area (Å²) >= 11 is 0. The molecule has 0 bridgehead atoms. The summed E-state index contributed by atoms with van der Waals surface area (Å²) in [6, 6.07) is 12.3. The van der Waals surface area contributed by atoms with Gasteiger partial charge in [0.2, 0.25) is 0 Å². The van der Waals surface area contributed by atoms with Gasteiger partial charge in [0.15, 0.2) is 5.78 Å². The lowest BCUT2D eigenvalue weighted by Crippen LogP contribution is -1.97. The second kappa shape index (κ2) is 5.06. The van der Waals surface area contributed by atoms with E-state index in [-0.39, 0.29) is 11.3 Å². The van der Waals surface area contributed by atoms with Crippen molar-refractivity contribution < 1.29 is 14.7 Å². The van der Waals surface area contributed by atoms with Gasteiger partial charge in [-0.05, 0) is 48.7 Å². The first kappa shape index (κ1) is 13.0. The average molecular weight is 254 g/mol. The van der Waals surface area contributed by atoms with Gasteiger partial charge in [0.25, 0.3) is 0 Å². The molecule has 96 valence electrons. The van der Waals surface area contributed by atoms with Crippen LogP contribution < -0.4 is 0 Å². The van der Waals surface area contributed by atoms with Crippen molar-refractivity contribution >= 4 is 11.8 Å². The van der Waals surface area contributed by atoms with Gasteiger partial charge < -0.3 is 5.11 Å². The first-order valence-electron chi connectivity index (χ1n) is 5.94. The summed E-state index contributed by atoms with van der Waals surface area (Å²) < 4.78 is 0. The van der Waals surface area contributed by atoms with Crippen molar-refractivity contribution in [2.75, 3.05) is 0 Å². The summed E-state index contributed by atoms with van der Waals surface area (Å²) in [6.45, 7) is 3.39. The Bertz CT molecular complexity index is 657. The van der Waals surface area contributed by atoms with Crippen LogP contribution in [0.5, 0.6) is 0 Å². The van der Waals surface area contributed by atoms with Crippen molar-refractivity contribution in [2.45, 2.75) is 13.8 Å². The summed E-state index contributed by atoms with van der Waals surface area (Å²) in [6.07, 6.45) is 0. The monoisotopic (exact) mass is 254 g/mol. The molecule has 0 aliphatic carbocycles. The molecule has 0 aliphatic rings. The van der Waals surface area contributed by atoms with E-state index in [9.17, 15) is 9.59 Å². The average Bonchev–Trinajstić information content (AvgIpc) is 2.38. The Balaban J connectivity index is 2.50. The minimum atomic E-state index is -0.938. The molecule has 0 aromatic heterocycles. The number of carboxylic acid groups (broad SMARTS) is 1. The van der Waals surface area contributed by atoms with Crippen LogP contribution in [0.3, 0.4) is 0 Å². The Morgan fingerprint density at radius 1 is 1.00 bits per heavy atom. The van der Waals surface area contributed by atoms with Gasteiger partial charge in [0.05, 0.1) is 5.56 Å². The zero-order valence-corrected chi connectivity index (χ0v) is 10.8. The summed E-state index contributed by atoms with van der Waals surface area (Å²) in [4.78, 5) is 22.3. The Kier molecular flexibility index (Phi) is 3.47. The standard InChI is InChI=1S/C16H14O3/c1-10-8-14(16(18)19)6-7-15(10)13-5-3-4-12(9-13)11(2)17/h3-9H,1-2H3,(H,18,19). The van der Waals surface area contributed by atoms with Gasteiger partial charge in [-0.15, -0.1) is 0 Å². The molecule has 2 rings (SSSR count). The third-order valence-electron chi connectivity index (χ3n) is 3.05. The molecule has 2 aromatic carbocycles. The molecule has 0 amide bonds. The fraction of sp³-hybridized carbons (Fsp3) is 0.125. The zero-order valence-electron chi connectivity index (χ0n) is 10.8. The normalized spacial score (nSPS) is 10.2. The molecule has 0 saturated carbocycles. The Labute approximate surface area is 111 Å². The second-order valence-electron chi connectivity index (χ2n) is 4.47. The van der Waals surface area contributed by atoms with Gasteiger partial charge in [-0.1, -0.05) is 24.3 Å². The van der Waals surface area contributed by atoms with Crippen molar-refractivity contribution in [3.63, 3.8) is 0 Å². The molecule has 19 heavy (non-hydrogen) atoms. The fourth-order valence-corrected chi connectivity index (χ4v) is 2.03. The molecule has 0 aliphatic heterocycles. The minimum absolute atomic E-state index is 0.0154. The van der Waals surface area contributed by atoms with Crippen LogP contribution in [0.1, 0.15) is 33.2 Å². The number of carbonyl (C=O) groups excluding carboxylic acids is 1. The van der Waals surface area contributed by atoms with E-state index < -0.39 is 5.97 Å². The number of aromatic carboxylic acids is 1. The Morgan fingerprint density at radius 2 is 1.74 bits per heavy atom. The number of benzene rings is 2. The summed E-state index contributed by atoms with van der Waals surface area (Å²) in [5, 5.41) is 8.94. The second-order valence-corrected chi connectivity index (χ2v) is 4.47. The number of ketones is 1. The maximum absolute atomic E-state index is 11.4. The topological polar surface area (TPSA) is 54.4 Å². The maximum atomic E-state index is 11.4. The molecule has 0 saturated heterocycles. The zero-order chi connectivity index (χ0) is 14.0. The molecule has 0 atom stereocenters. The highest BCUT2D eigenvalue weighted by atomic mass is 16.4. The number of carboxylic acids is 1. The lowest BCUT2D eigenvalue weighted by molar-refractivity contribution is 0.0696. The fourth-order valence-electron chi connectivity index (χ4n) is 2.03. The SMILES string of the molecule is CC(=O)c1cccc(-c2ccc(C(=O)O)cc2C)c1. The summed E-state index contributed by atoms with van der Waals surface area (Å²) in [5.41, 5.74) is 3.65. The van der Waals surface area contributed by atoms with Crippen LogP contribution in [0.2, 0.25) is 0 Å². The molecular formula is C16H14O3. The van der Waals surface area contributed by atoms with Gasteiger partial charge in [-0.2, -0.15) is 0 Å². The molecule has 2 aromatic rings. The van der Waals surface area contributed by atoms with Crippen LogP contribution in [-0.2, 0) is 0 Å². The van der Waals surface area contributed by atoms with Crippen LogP contribution in [0.25, 0.3) is 11.1 Å². The third-order valence-corrected chi connectivity index (χ3v) is 3.05. The van der Waals surface area contributed by atoms with E-state index in [1.54, 1.807) is 24.3 Å². The highest BCUT2D eigenvalue weighted by Crippen LogP contribution is 2.25. The van der Waals surface area contributed by atoms with Crippen molar-refractivity contribution in [1.82, 2.24) is 0 Å². The van der Waals surface area contributed by atoms with Gasteiger partial charge >= 0.3 is 5.97 Å². The first-order valence-corrected chi connectivity index (χ1v) is 5.94. The lowest BCUT2D eigenvalue weighted by Gasteiger charge is -2.08. The highest BCUT2D eigenvalue weighted by Gasteiger charge is 2.08. The molecular weight excluding hydrogens is 240 g/mol. The molecule has 0 unspecified atom stereocenters. The molecule has 3 nitrogen and oxygen atoms in total. The molecule has 3 heteroatoms. The largest absolute Gasteiger partial charge is 0.478 e. The Morgan fingerprint density at radius 3 is 2.32 bits per heavy atom. The van der Waals surface area contributed by atoms with Crippen LogP contribution in [0, 0.1) is 6.92 Å². The number of carbonyl (C=O) groups is 2. The van der Waals surface area contributed by atoms with Crippen LogP contribution in [-0.4, -0.2) is 16.9 Å². The van der Waals surface area contributed by atoms with E-state index >= 15 is 0 Å². The third kappa shape index (κ3) is 2.71. The first-order chi connectivity index (χ1) is 8.99. The highest BCUT2D eigenvalue weighted by molar-refractivity contribution is 5.95. The van der Waals surface area contributed by atoms with Crippen LogP contribution in [0.15, 0.2) is 42.5 Å². The van der Waals surface area contributed by atoms with Gasteiger partial charge in [-0.25, -0.2) is 4.79 Å². The van der Waals surface area contributed by atoms with Gasteiger partial charge in [-0.3, -0.25) is 4.79 Å². The van der Waals surface area contributed by atoms with Crippen molar-refractivity contribution in [1.29, 1.82) is 0 Å². The molecule has 0 spiro atoms. The number of aryl methyl sites for hydroxylation is 1.